The number of hydrogen-bond donors (Lipinski definition) is 1. The number of aromatic amines is 1. The molecule has 0 saturated carbocycles. The first kappa shape index (κ1) is 14.2. The van der Waals surface area contributed by atoms with Crippen LogP contribution in [0.15, 0.2) is 36.5 Å². The summed E-state index contributed by atoms with van der Waals surface area (Å²) in [5, 5.41) is 0.959. The van der Waals surface area contributed by atoms with Crippen molar-refractivity contribution >= 4 is 10.9 Å². The van der Waals surface area contributed by atoms with E-state index in [0.29, 0.717) is 0 Å². The van der Waals surface area contributed by atoms with Gasteiger partial charge in [-0.2, -0.15) is 0 Å². The minimum Gasteiger partial charge on any atom is -0.412 e. The maximum Gasteiger partial charge on any atom is 0.123 e. The Balaban J connectivity index is 0.00000147. The van der Waals surface area contributed by atoms with Crippen molar-refractivity contribution in [2.24, 2.45) is 0 Å². The summed E-state index contributed by atoms with van der Waals surface area (Å²) in [5.41, 5.74) is 5.41. The molecular weight excluding hydrogens is 255 g/mol. The lowest BCUT2D eigenvalue weighted by Gasteiger charge is -2.05. The molecule has 0 unspecified atom stereocenters. The Kier molecular flexibility index (Phi) is 3.86. The number of fused-ring (bicyclic) bond motifs is 1. The Morgan fingerprint density at radius 3 is 2.75 bits per heavy atom. The van der Waals surface area contributed by atoms with Crippen LogP contribution in [-0.4, -0.2) is 15.4 Å². The van der Waals surface area contributed by atoms with E-state index >= 15 is 0 Å². The third-order valence-electron chi connectivity index (χ3n) is 3.57. The monoisotopic (exact) mass is 272 g/mol. The average Bonchev–Trinajstić information content (AvgIpc) is 2.69. The van der Waals surface area contributed by atoms with Gasteiger partial charge in [0.05, 0.1) is 0 Å². The minimum absolute atomic E-state index is 0. The first-order chi connectivity index (χ1) is 9.15. The molecule has 0 aliphatic rings. The number of pyridine rings is 1. The maximum atomic E-state index is 13.4. The first-order valence-electron chi connectivity index (χ1n) is 6.32. The number of nitrogens with one attached hydrogen (secondary N) is 1. The molecule has 0 aliphatic heterocycles. The first-order valence-corrected chi connectivity index (χ1v) is 6.32. The molecule has 0 atom stereocenters. The molecule has 4 heteroatoms. The summed E-state index contributed by atoms with van der Waals surface area (Å²) < 4.78 is 13.4. The SMILES string of the molecule is Cc1ncccc1Cc1c(C)[nH]c2ccc(F)cc12.O. The van der Waals surface area contributed by atoms with E-state index in [1.165, 1.54) is 11.6 Å². The van der Waals surface area contributed by atoms with Crippen molar-refractivity contribution in [2.45, 2.75) is 20.3 Å². The van der Waals surface area contributed by atoms with Gasteiger partial charge in [-0.05, 0) is 49.2 Å². The molecule has 0 aliphatic carbocycles. The lowest BCUT2D eigenvalue weighted by Crippen LogP contribution is -1.95. The molecule has 3 aromatic rings. The molecule has 0 spiro atoms. The fourth-order valence-electron chi connectivity index (χ4n) is 2.48. The molecule has 2 heterocycles. The number of nitrogens with zero attached hydrogens (tertiary/aromatic N) is 1. The molecule has 104 valence electrons. The van der Waals surface area contributed by atoms with Crippen LogP contribution in [0.1, 0.15) is 22.5 Å². The molecule has 0 fully saturated rings. The van der Waals surface area contributed by atoms with E-state index < -0.39 is 0 Å². The number of aromatic nitrogens is 2. The minimum atomic E-state index is -0.198. The zero-order valence-corrected chi connectivity index (χ0v) is 11.5. The number of halogens is 1. The van der Waals surface area contributed by atoms with Crippen LogP contribution in [0.4, 0.5) is 4.39 Å². The highest BCUT2D eigenvalue weighted by molar-refractivity contribution is 5.85. The van der Waals surface area contributed by atoms with E-state index in [0.717, 1.165) is 34.3 Å². The van der Waals surface area contributed by atoms with Gasteiger partial charge in [-0.3, -0.25) is 4.98 Å². The third kappa shape index (κ3) is 2.42. The Morgan fingerprint density at radius 2 is 2.00 bits per heavy atom. The highest BCUT2D eigenvalue weighted by Crippen LogP contribution is 2.26. The van der Waals surface area contributed by atoms with Crippen molar-refractivity contribution in [2.75, 3.05) is 0 Å². The summed E-state index contributed by atoms with van der Waals surface area (Å²) in [7, 11) is 0. The van der Waals surface area contributed by atoms with Crippen molar-refractivity contribution in [3.63, 3.8) is 0 Å². The van der Waals surface area contributed by atoms with E-state index in [9.17, 15) is 4.39 Å². The summed E-state index contributed by atoms with van der Waals surface area (Å²) >= 11 is 0. The third-order valence-corrected chi connectivity index (χ3v) is 3.57. The smallest absolute Gasteiger partial charge is 0.123 e. The Bertz CT molecular complexity index is 749. The average molecular weight is 272 g/mol. The predicted octanol–water partition coefficient (Wildman–Crippen LogP) is 3.08. The van der Waals surface area contributed by atoms with Gasteiger partial charge in [0.2, 0.25) is 0 Å². The summed E-state index contributed by atoms with van der Waals surface area (Å²) in [6, 6.07) is 8.88. The van der Waals surface area contributed by atoms with Crippen LogP contribution in [0, 0.1) is 19.7 Å². The van der Waals surface area contributed by atoms with E-state index in [1.807, 2.05) is 19.9 Å². The van der Waals surface area contributed by atoms with E-state index in [2.05, 4.69) is 16.0 Å². The molecule has 3 nitrogen and oxygen atoms in total. The Labute approximate surface area is 116 Å². The quantitative estimate of drug-likeness (QED) is 0.765. The second kappa shape index (κ2) is 5.43. The summed E-state index contributed by atoms with van der Waals surface area (Å²) in [6.07, 6.45) is 2.57. The molecule has 0 radical (unpaired) electrons. The highest BCUT2D eigenvalue weighted by atomic mass is 19.1. The van der Waals surface area contributed by atoms with E-state index in [1.54, 1.807) is 18.3 Å². The molecule has 20 heavy (non-hydrogen) atoms. The van der Waals surface area contributed by atoms with Crippen molar-refractivity contribution in [3.8, 4) is 0 Å². The van der Waals surface area contributed by atoms with Crippen molar-refractivity contribution in [3.05, 3.63) is 64.9 Å². The standard InChI is InChI=1S/C16H15FN2.H2O/c1-10-12(4-3-7-18-10)8-14-11(2)19-16-6-5-13(17)9-15(14)16;/h3-7,9,19H,8H2,1-2H3;1H2. The fraction of sp³-hybridized carbons (Fsp3) is 0.188. The molecular formula is C16H17FN2O. The van der Waals surface area contributed by atoms with Crippen molar-refractivity contribution < 1.29 is 9.87 Å². The summed E-state index contributed by atoms with van der Waals surface area (Å²) in [6.45, 7) is 4.03. The number of hydrogen-bond acceptors (Lipinski definition) is 1. The number of rotatable bonds is 2. The maximum absolute atomic E-state index is 13.4. The summed E-state index contributed by atoms with van der Waals surface area (Å²) in [5.74, 6) is -0.198. The van der Waals surface area contributed by atoms with Gasteiger partial charge in [-0.1, -0.05) is 6.07 Å². The molecule has 3 rings (SSSR count). The molecule has 0 amide bonds. The van der Waals surface area contributed by atoms with Crippen LogP contribution in [0.3, 0.4) is 0 Å². The van der Waals surface area contributed by atoms with Crippen LogP contribution in [0.5, 0.6) is 0 Å². The van der Waals surface area contributed by atoms with E-state index in [-0.39, 0.29) is 11.3 Å². The van der Waals surface area contributed by atoms with Gasteiger partial charge in [0.1, 0.15) is 5.82 Å². The van der Waals surface area contributed by atoms with E-state index in [4.69, 9.17) is 0 Å². The van der Waals surface area contributed by atoms with Gasteiger partial charge in [0, 0.05) is 34.9 Å². The van der Waals surface area contributed by atoms with Gasteiger partial charge in [-0.25, -0.2) is 4.39 Å². The molecule has 2 aromatic heterocycles. The van der Waals surface area contributed by atoms with Gasteiger partial charge in [0.15, 0.2) is 0 Å². The molecule has 0 saturated heterocycles. The normalized spacial score (nSPS) is 10.6. The van der Waals surface area contributed by atoms with Gasteiger partial charge < -0.3 is 10.5 Å². The van der Waals surface area contributed by atoms with Gasteiger partial charge in [-0.15, -0.1) is 0 Å². The second-order valence-corrected chi connectivity index (χ2v) is 4.84. The lowest BCUT2D eigenvalue weighted by atomic mass is 10.0. The van der Waals surface area contributed by atoms with Crippen LogP contribution < -0.4 is 0 Å². The van der Waals surface area contributed by atoms with Crippen molar-refractivity contribution in [1.29, 1.82) is 0 Å². The molecule has 1 aromatic carbocycles. The largest absolute Gasteiger partial charge is 0.412 e. The van der Waals surface area contributed by atoms with Crippen LogP contribution >= 0.6 is 0 Å². The van der Waals surface area contributed by atoms with Crippen molar-refractivity contribution in [1.82, 2.24) is 9.97 Å². The number of aryl methyl sites for hydroxylation is 2. The van der Waals surface area contributed by atoms with Gasteiger partial charge >= 0.3 is 0 Å². The zero-order valence-electron chi connectivity index (χ0n) is 11.5. The number of H-pyrrole nitrogens is 1. The topological polar surface area (TPSA) is 60.2 Å². The van der Waals surface area contributed by atoms with Crippen LogP contribution in [-0.2, 0) is 6.42 Å². The van der Waals surface area contributed by atoms with Gasteiger partial charge in [0.25, 0.3) is 0 Å². The second-order valence-electron chi connectivity index (χ2n) is 4.84. The van der Waals surface area contributed by atoms with Crippen LogP contribution in [0.25, 0.3) is 10.9 Å². The van der Waals surface area contributed by atoms with Crippen LogP contribution in [0.2, 0.25) is 0 Å². The molecule has 3 N–H and O–H groups in total. The Hall–Kier alpha value is -2.20. The Morgan fingerprint density at radius 1 is 1.20 bits per heavy atom. The number of benzene rings is 1. The fourth-order valence-corrected chi connectivity index (χ4v) is 2.48. The molecule has 0 bridgehead atoms. The zero-order chi connectivity index (χ0) is 13.4. The lowest BCUT2D eigenvalue weighted by molar-refractivity contribution is 0.629. The summed E-state index contributed by atoms with van der Waals surface area (Å²) in [4.78, 5) is 7.61. The predicted molar refractivity (Wildman–Crippen MR) is 78.4 cm³/mol. The highest BCUT2D eigenvalue weighted by Gasteiger charge is 2.11.